The van der Waals surface area contributed by atoms with E-state index in [9.17, 15) is 14.7 Å². The van der Waals surface area contributed by atoms with Crippen molar-refractivity contribution in [3.63, 3.8) is 0 Å². The fourth-order valence-corrected chi connectivity index (χ4v) is 5.90. The van der Waals surface area contributed by atoms with Gasteiger partial charge in [0.2, 0.25) is 0 Å². The van der Waals surface area contributed by atoms with Crippen LogP contribution in [0.3, 0.4) is 0 Å². The molecule has 0 saturated heterocycles. The second-order valence-corrected chi connectivity index (χ2v) is 8.99. The predicted molar refractivity (Wildman–Crippen MR) is 101 cm³/mol. The average Bonchev–Trinajstić information content (AvgIpc) is 2.55. The van der Waals surface area contributed by atoms with Crippen LogP contribution >= 0.6 is 7.28 Å². The monoisotopic (exact) mass is 340 g/mol. The molecule has 0 aromatic heterocycles. The molecule has 24 heavy (non-hydrogen) atoms. The van der Waals surface area contributed by atoms with E-state index in [1.165, 1.54) is 0 Å². The van der Waals surface area contributed by atoms with Crippen molar-refractivity contribution in [2.24, 2.45) is 0 Å². The predicted octanol–water partition coefficient (Wildman–Crippen LogP) is 3.20. The van der Waals surface area contributed by atoms with Gasteiger partial charge in [0.05, 0.1) is 0 Å². The summed E-state index contributed by atoms with van der Waals surface area (Å²) in [6.45, 7) is 3.55. The van der Waals surface area contributed by atoms with Gasteiger partial charge in [-0.05, 0) is 0 Å². The van der Waals surface area contributed by atoms with E-state index < -0.39 is 7.28 Å². The number of benzene rings is 3. The Hall–Kier alpha value is -2.03. The topological polar surface area (TPSA) is 60.7 Å². The third-order valence-corrected chi connectivity index (χ3v) is 7.10. The molecule has 0 bridgehead atoms. The number of hydrogen-bond donors (Lipinski definition) is 3. The molecule has 0 aliphatic heterocycles. The zero-order chi connectivity index (χ0) is 17.4. The Morgan fingerprint density at radius 2 is 1.21 bits per heavy atom. The van der Waals surface area contributed by atoms with E-state index in [1.807, 2.05) is 36.4 Å². The van der Waals surface area contributed by atoms with Gasteiger partial charge in [0, 0.05) is 0 Å². The fraction of sp³-hybridized carbons (Fsp3) is 0.100. The summed E-state index contributed by atoms with van der Waals surface area (Å²) in [6.07, 6.45) is 0. The van der Waals surface area contributed by atoms with Crippen molar-refractivity contribution in [3.8, 4) is 11.1 Å². The maximum absolute atomic E-state index is 11.2. The molecule has 0 unspecified atom stereocenters. The number of aryl methyl sites for hydroxylation is 2. The first-order valence-corrected chi connectivity index (χ1v) is 9.87. The van der Waals surface area contributed by atoms with Gasteiger partial charge in [-0.2, -0.15) is 0 Å². The Morgan fingerprint density at radius 1 is 0.625 bits per heavy atom. The van der Waals surface area contributed by atoms with Crippen molar-refractivity contribution in [1.29, 1.82) is 0 Å². The molecule has 0 aliphatic carbocycles. The summed E-state index contributed by atoms with van der Waals surface area (Å²) >= 11 is 0. The van der Waals surface area contributed by atoms with Crippen LogP contribution in [0.1, 0.15) is 11.1 Å². The van der Waals surface area contributed by atoms with Crippen LogP contribution in [-0.2, 0) is 0 Å². The Bertz CT molecular complexity index is 880. The summed E-state index contributed by atoms with van der Waals surface area (Å²) in [6, 6.07) is 21.7. The fourth-order valence-electron chi connectivity index (χ4n) is 3.20. The van der Waals surface area contributed by atoms with Gasteiger partial charge in [-0.3, -0.25) is 0 Å². The second-order valence-electron chi connectivity index (χ2n) is 6.10. The summed E-state index contributed by atoms with van der Waals surface area (Å²) in [4.78, 5) is 33.5. The molecule has 0 fully saturated rings. The van der Waals surface area contributed by atoms with Gasteiger partial charge in [-0.25, -0.2) is 0 Å². The molecule has 0 aliphatic rings. The van der Waals surface area contributed by atoms with Crippen LogP contribution in [0.5, 0.6) is 0 Å². The summed E-state index contributed by atoms with van der Waals surface area (Å²) in [5, 5.41) is 0.374. The minimum absolute atomic E-state index is 0.176. The molecule has 0 spiro atoms. The maximum atomic E-state index is 11.2. The summed E-state index contributed by atoms with van der Waals surface area (Å²) in [5.41, 5.74) is 2.75. The van der Waals surface area contributed by atoms with Crippen molar-refractivity contribution < 1.29 is 14.7 Å². The first kappa shape index (κ1) is 16.8. The molecular weight excluding hydrogens is 319 g/mol. The standard InChI is InChI=1S/C20H21O3P/c1-15-9-6-7-14-19(15)24(21,22,23)20-16(2)10-8-13-18(20)17-11-4-3-5-12-17/h3-14,21-23H,1-2H3. The van der Waals surface area contributed by atoms with Crippen molar-refractivity contribution in [1.82, 2.24) is 0 Å². The molecule has 3 aromatic rings. The molecule has 0 atom stereocenters. The second kappa shape index (κ2) is 5.80. The van der Waals surface area contributed by atoms with Crippen LogP contribution in [0, 0.1) is 13.8 Å². The molecule has 3 rings (SSSR count). The third kappa shape index (κ3) is 2.77. The van der Waals surface area contributed by atoms with Crippen LogP contribution in [0.2, 0.25) is 0 Å². The Labute approximate surface area is 142 Å². The zero-order valence-corrected chi connectivity index (χ0v) is 14.6. The van der Waals surface area contributed by atoms with Crippen LogP contribution in [0.4, 0.5) is 0 Å². The Balaban J connectivity index is 2.35. The van der Waals surface area contributed by atoms with Gasteiger partial charge in [0.15, 0.2) is 0 Å². The average molecular weight is 340 g/mol. The molecule has 124 valence electrons. The van der Waals surface area contributed by atoms with Gasteiger partial charge in [0.1, 0.15) is 0 Å². The van der Waals surface area contributed by atoms with Crippen molar-refractivity contribution in [2.45, 2.75) is 13.8 Å². The minimum atomic E-state index is -5.27. The van der Waals surface area contributed by atoms with E-state index in [2.05, 4.69) is 0 Å². The van der Waals surface area contributed by atoms with E-state index in [4.69, 9.17) is 0 Å². The van der Waals surface area contributed by atoms with E-state index in [-0.39, 0.29) is 10.6 Å². The van der Waals surface area contributed by atoms with Gasteiger partial charge < -0.3 is 0 Å². The van der Waals surface area contributed by atoms with Crippen molar-refractivity contribution in [3.05, 3.63) is 83.9 Å². The Morgan fingerprint density at radius 3 is 1.88 bits per heavy atom. The van der Waals surface area contributed by atoms with Crippen molar-refractivity contribution in [2.75, 3.05) is 0 Å². The first-order chi connectivity index (χ1) is 11.3. The summed E-state index contributed by atoms with van der Waals surface area (Å²) < 4.78 is 0. The molecule has 4 heteroatoms. The third-order valence-electron chi connectivity index (χ3n) is 4.29. The van der Waals surface area contributed by atoms with Crippen LogP contribution in [0.15, 0.2) is 72.8 Å². The normalized spacial score (nSPS) is 13.3. The summed E-state index contributed by atoms with van der Waals surface area (Å²) in [7, 11) is -5.27. The Kier molecular flexibility index (Phi) is 4.06. The van der Waals surface area contributed by atoms with Gasteiger partial charge in [-0.15, -0.1) is 0 Å². The number of hydrogen-bond acceptors (Lipinski definition) is 3. The summed E-state index contributed by atoms with van der Waals surface area (Å²) in [5.74, 6) is 0. The molecule has 0 radical (unpaired) electrons. The number of rotatable bonds is 3. The molecule has 0 amide bonds. The van der Waals surface area contributed by atoms with E-state index in [0.717, 1.165) is 5.56 Å². The van der Waals surface area contributed by atoms with Gasteiger partial charge >= 0.3 is 141 Å². The zero-order valence-electron chi connectivity index (χ0n) is 13.7. The van der Waals surface area contributed by atoms with Crippen LogP contribution in [0.25, 0.3) is 11.1 Å². The molecule has 0 saturated carbocycles. The van der Waals surface area contributed by atoms with Crippen LogP contribution < -0.4 is 10.6 Å². The van der Waals surface area contributed by atoms with Crippen molar-refractivity contribution >= 4 is 17.9 Å². The van der Waals surface area contributed by atoms with E-state index in [1.54, 1.807) is 50.2 Å². The first-order valence-electron chi connectivity index (χ1n) is 7.78. The van der Waals surface area contributed by atoms with E-state index >= 15 is 0 Å². The van der Waals surface area contributed by atoms with Crippen LogP contribution in [-0.4, -0.2) is 14.7 Å². The molecule has 3 nitrogen and oxygen atoms in total. The molecule has 0 heterocycles. The molecule has 3 N–H and O–H groups in total. The van der Waals surface area contributed by atoms with Gasteiger partial charge in [-0.1, -0.05) is 0 Å². The SMILES string of the molecule is Cc1ccccc1P(O)(O)(O)c1c(C)cccc1-c1ccccc1. The molecule has 3 aromatic carbocycles. The quantitative estimate of drug-likeness (QED) is 0.642. The van der Waals surface area contributed by atoms with Gasteiger partial charge in [0.25, 0.3) is 0 Å². The molecular formula is C20H21O3P. The van der Waals surface area contributed by atoms with E-state index in [0.29, 0.717) is 16.7 Å².